The van der Waals surface area contributed by atoms with Crippen molar-refractivity contribution < 1.29 is 49.4 Å². The lowest BCUT2D eigenvalue weighted by molar-refractivity contribution is 0.0410. The number of ether oxygens (including phenoxy) is 2. The van der Waals surface area contributed by atoms with E-state index in [4.69, 9.17) is 9.47 Å². The average Bonchev–Trinajstić information content (AvgIpc) is 2.90. The standard InChI is InChI=1S/C32H26O10/c1-12-5-15-23(17(33)6-12)31(39)27-19(35)9-18(34)26(28(27)29(15)37)22-14-7-13(41-3)8-21(42-4)25(14)30(38)24-16(22)10-32(2,40)11-20(24)36/h5-9,33-35,38,40H,10-11H2,1-4H3/t32-/m1/s1. The number of aromatic hydroxyl groups is 4. The monoisotopic (exact) mass is 570 g/mol. The summed E-state index contributed by atoms with van der Waals surface area (Å²) in [4.78, 5) is 41.3. The van der Waals surface area contributed by atoms with Crippen LogP contribution < -0.4 is 9.47 Å². The van der Waals surface area contributed by atoms with Gasteiger partial charge in [-0.1, -0.05) is 0 Å². The lowest BCUT2D eigenvalue weighted by atomic mass is 9.72. The topological polar surface area (TPSA) is 171 Å². The minimum atomic E-state index is -1.55. The van der Waals surface area contributed by atoms with Gasteiger partial charge in [-0.2, -0.15) is 0 Å². The van der Waals surface area contributed by atoms with Crippen molar-refractivity contribution in [2.24, 2.45) is 0 Å². The lowest BCUT2D eigenvalue weighted by Gasteiger charge is -2.33. The van der Waals surface area contributed by atoms with Gasteiger partial charge < -0.3 is 35.0 Å². The summed E-state index contributed by atoms with van der Waals surface area (Å²) >= 11 is 0. The molecule has 1 atom stereocenters. The van der Waals surface area contributed by atoms with Crippen molar-refractivity contribution in [2.75, 3.05) is 14.2 Å². The van der Waals surface area contributed by atoms with E-state index in [1.54, 1.807) is 6.92 Å². The molecule has 0 aromatic heterocycles. The third-order valence-corrected chi connectivity index (χ3v) is 7.98. The van der Waals surface area contributed by atoms with Gasteiger partial charge in [0.1, 0.15) is 34.5 Å². The number of methoxy groups -OCH3 is 2. The Hall–Kier alpha value is -5.09. The van der Waals surface area contributed by atoms with Crippen LogP contribution in [0.25, 0.3) is 21.9 Å². The molecule has 0 spiro atoms. The molecular formula is C32H26O10. The summed E-state index contributed by atoms with van der Waals surface area (Å²) in [6.45, 7) is 3.08. The van der Waals surface area contributed by atoms with Crippen molar-refractivity contribution in [3.8, 4) is 45.6 Å². The fraction of sp³-hybridized carbons (Fsp3) is 0.219. The number of Topliss-reactive ketones (excluding diaryl/α,β-unsaturated/α-hetero) is 1. The van der Waals surface area contributed by atoms with Crippen LogP contribution in [0.15, 0.2) is 30.3 Å². The molecule has 0 aliphatic heterocycles. The largest absolute Gasteiger partial charge is 0.507 e. The van der Waals surface area contributed by atoms with Gasteiger partial charge in [-0.3, -0.25) is 14.4 Å². The number of phenols is 4. The molecule has 0 unspecified atom stereocenters. The molecule has 4 aromatic rings. The number of benzene rings is 4. The van der Waals surface area contributed by atoms with Crippen LogP contribution in [-0.2, 0) is 6.42 Å². The average molecular weight is 571 g/mol. The molecule has 0 saturated heterocycles. The molecule has 0 heterocycles. The number of hydrogen-bond donors (Lipinski definition) is 5. The van der Waals surface area contributed by atoms with E-state index in [1.165, 1.54) is 45.4 Å². The van der Waals surface area contributed by atoms with E-state index in [0.29, 0.717) is 5.56 Å². The molecule has 214 valence electrons. The molecule has 42 heavy (non-hydrogen) atoms. The first-order valence-electron chi connectivity index (χ1n) is 13.0. The van der Waals surface area contributed by atoms with Gasteiger partial charge in [-0.05, 0) is 48.7 Å². The summed E-state index contributed by atoms with van der Waals surface area (Å²) in [6.07, 6.45) is -0.472. The summed E-state index contributed by atoms with van der Waals surface area (Å²) < 4.78 is 11.0. The Labute approximate surface area is 239 Å². The molecule has 5 N–H and O–H groups in total. The van der Waals surface area contributed by atoms with Crippen LogP contribution in [-0.4, -0.2) is 62.7 Å². The second-order valence-corrected chi connectivity index (χ2v) is 11.0. The minimum Gasteiger partial charge on any atom is -0.507 e. The summed E-state index contributed by atoms with van der Waals surface area (Å²) in [5.74, 6) is -3.93. The van der Waals surface area contributed by atoms with Gasteiger partial charge in [0.15, 0.2) is 11.6 Å². The second-order valence-electron chi connectivity index (χ2n) is 11.0. The zero-order valence-corrected chi connectivity index (χ0v) is 23.1. The van der Waals surface area contributed by atoms with Crippen molar-refractivity contribution >= 4 is 28.1 Å². The number of fused-ring (bicyclic) bond motifs is 4. The van der Waals surface area contributed by atoms with Crippen molar-refractivity contribution in [1.82, 2.24) is 0 Å². The summed E-state index contributed by atoms with van der Waals surface area (Å²) in [7, 11) is 2.76. The Morgan fingerprint density at radius 3 is 2.05 bits per heavy atom. The molecule has 0 bridgehead atoms. The van der Waals surface area contributed by atoms with Gasteiger partial charge in [0.05, 0.1) is 41.9 Å². The van der Waals surface area contributed by atoms with Crippen LogP contribution in [0.1, 0.15) is 66.7 Å². The second kappa shape index (κ2) is 8.95. The molecule has 4 aromatic carbocycles. The van der Waals surface area contributed by atoms with E-state index < -0.39 is 51.5 Å². The Kier molecular flexibility index (Phi) is 5.78. The normalized spacial score (nSPS) is 17.6. The summed E-state index contributed by atoms with van der Waals surface area (Å²) in [5.41, 5.74) is -2.42. The van der Waals surface area contributed by atoms with Gasteiger partial charge in [0.2, 0.25) is 5.78 Å². The van der Waals surface area contributed by atoms with Crippen LogP contribution in [0.2, 0.25) is 0 Å². The smallest absolute Gasteiger partial charge is 0.201 e. The zero-order chi connectivity index (χ0) is 30.4. The van der Waals surface area contributed by atoms with Gasteiger partial charge >= 0.3 is 0 Å². The number of aliphatic hydroxyl groups is 1. The zero-order valence-electron chi connectivity index (χ0n) is 23.1. The van der Waals surface area contributed by atoms with Gasteiger partial charge in [0, 0.05) is 47.1 Å². The van der Waals surface area contributed by atoms with E-state index in [0.717, 1.165) is 6.07 Å². The third kappa shape index (κ3) is 3.65. The highest BCUT2D eigenvalue weighted by Crippen LogP contribution is 2.54. The van der Waals surface area contributed by atoms with Crippen molar-refractivity contribution in [1.29, 1.82) is 0 Å². The molecule has 0 radical (unpaired) electrons. The number of phenolic OH excluding ortho intramolecular Hbond substituents is 4. The maximum absolute atomic E-state index is 14.2. The quantitative estimate of drug-likeness (QED) is 0.211. The van der Waals surface area contributed by atoms with Crippen LogP contribution >= 0.6 is 0 Å². The highest BCUT2D eigenvalue weighted by Gasteiger charge is 2.42. The Balaban J connectivity index is 1.85. The summed E-state index contributed by atoms with van der Waals surface area (Å²) in [6, 6.07) is 6.65. The molecule has 0 fully saturated rings. The number of aryl methyl sites for hydroxylation is 1. The van der Waals surface area contributed by atoms with Gasteiger partial charge in [0.25, 0.3) is 0 Å². The molecule has 10 heteroatoms. The van der Waals surface area contributed by atoms with E-state index in [1.807, 2.05) is 0 Å². The van der Waals surface area contributed by atoms with E-state index in [9.17, 15) is 39.9 Å². The lowest BCUT2D eigenvalue weighted by Crippen LogP contribution is -2.36. The Morgan fingerprint density at radius 2 is 1.38 bits per heavy atom. The number of carbonyl (C=O) groups excluding carboxylic acids is 3. The SMILES string of the molecule is COc1cc(OC)c2c(O)c3c(c(-c4c(O)cc(O)c5c4C(=O)c4cc(C)cc(O)c4C5=O)c2c1)C[C@@](C)(O)CC3=O. The molecule has 0 amide bonds. The van der Waals surface area contributed by atoms with Crippen LogP contribution in [0.3, 0.4) is 0 Å². The fourth-order valence-corrected chi connectivity index (χ4v) is 6.32. The van der Waals surface area contributed by atoms with Crippen molar-refractivity contribution in [2.45, 2.75) is 32.3 Å². The summed E-state index contributed by atoms with van der Waals surface area (Å²) in [5, 5.41) is 55.6. The maximum atomic E-state index is 14.2. The highest BCUT2D eigenvalue weighted by atomic mass is 16.5. The van der Waals surface area contributed by atoms with Crippen molar-refractivity contribution in [3.05, 3.63) is 69.3 Å². The fourth-order valence-electron chi connectivity index (χ4n) is 6.32. The first-order chi connectivity index (χ1) is 19.8. The Morgan fingerprint density at radius 1 is 0.714 bits per heavy atom. The molecule has 0 saturated carbocycles. The molecule has 2 aliphatic carbocycles. The first kappa shape index (κ1) is 27.1. The third-order valence-electron chi connectivity index (χ3n) is 7.98. The number of ketones is 3. The van der Waals surface area contributed by atoms with Gasteiger partial charge in [-0.25, -0.2) is 0 Å². The predicted molar refractivity (Wildman–Crippen MR) is 150 cm³/mol. The van der Waals surface area contributed by atoms with Crippen LogP contribution in [0, 0.1) is 6.92 Å². The van der Waals surface area contributed by atoms with Crippen LogP contribution in [0.4, 0.5) is 0 Å². The number of rotatable bonds is 3. The Bertz CT molecular complexity index is 1930. The highest BCUT2D eigenvalue weighted by molar-refractivity contribution is 6.33. The van der Waals surface area contributed by atoms with E-state index in [2.05, 4.69) is 0 Å². The van der Waals surface area contributed by atoms with Crippen molar-refractivity contribution in [3.63, 3.8) is 0 Å². The van der Waals surface area contributed by atoms with E-state index >= 15 is 0 Å². The van der Waals surface area contributed by atoms with E-state index in [-0.39, 0.29) is 74.1 Å². The number of carbonyl (C=O) groups is 3. The molecule has 6 rings (SSSR count). The molecule has 10 nitrogen and oxygen atoms in total. The maximum Gasteiger partial charge on any atom is 0.201 e. The number of hydrogen-bond acceptors (Lipinski definition) is 10. The molecular weight excluding hydrogens is 544 g/mol. The van der Waals surface area contributed by atoms with Gasteiger partial charge in [-0.15, -0.1) is 0 Å². The van der Waals surface area contributed by atoms with Crippen LogP contribution in [0.5, 0.6) is 34.5 Å². The predicted octanol–water partition coefficient (Wildman–Crippen LogP) is 4.31. The first-order valence-corrected chi connectivity index (χ1v) is 13.0. The molecule has 2 aliphatic rings. The minimum absolute atomic E-state index is 0.0681.